The summed E-state index contributed by atoms with van der Waals surface area (Å²) in [6, 6.07) is 38.9. The lowest BCUT2D eigenvalue weighted by Crippen LogP contribution is -2.53. The molecule has 7 aromatic carbocycles. The van der Waals surface area contributed by atoms with E-state index in [0.29, 0.717) is 94.4 Å². The summed E-state index contributed by atoms with van der Waals surface area (Å²) in [5.41, 5.74) is 22.0. The smallest absolute Gasteiger partial charge is 0.282 e. The van der Waals surface area contributed by atoms with Gasteiger partial charge in [0.25, 0.3) is 70.2 Å². The maximum atomic E-state index is 13.1. The van der Waals surface area contributed by atoms with Crippen LogP contribution in [0.25, 0.3) is 0 Å². The van der Waals surface area contributed by atoms with Crippen LogP contribution < -0.4 is 27.4 Å². The van der Waals surface area contributed by atoms with Crippen LogP contribution >= 0.6 is 36.7 Å². The maximum absolute atomic E-state index is 13.1. The fourth-order valence-electron chi connectivity index (χ4n) is 33.6. The number of nitrogens with two attached hydrogens (primary N) is 2. The highest BCUT2D eigenvalue weighted by Crippen LogP contribution is 2.76. The average Bonchev–Trinajstić information content (AvgIpc) is 1.50. The van der Waals surface area contributed by atoms with Gasteiger partial charge in [-0.15, -0.1) is 0 Å². The molecule has 18 fully saturated rings. The fourth-order valence-corrected chi connectivity index (χ4v) is 34.4. The number of anilines is 2. The summed E-state index contributed by atoms with van der Waals surface area (Å²) in [4.78, 5) is 183. The molecule has 2 saturated heterocycles. The van der Waals surface area contributed by atoms with Crippen molar-refractivity contribution in [1.29, 1.82) is 0 Å². The van der Waals surface area contributed by atoms with E-state index in [2.05, 4.69) is 54.9 Å². The van der Waals surface area contributed by atoms with Crippen LogP contribution in [0.1, 0.15) is 320 Å². The number of nitrogens with zero attached hydrogens (tertiary/aromatic N) is 10. The second kappa shape index (κ2) is 38.0. The molecule has 10 aliphatic heterocycles. The largest absolute Gasteiger partial charge is 0.399 e. The average molecular weight is 2080 g/mol. The van der Waals surface area contributed by atoms with Gasteiger partial charge in [0.15, 0.2) is 0 Å². The third kappa shape index (κ3) is 16.8. The molecule has 0 aromatic heterocycles. The molecule has 15 unspecified atom stereocenters. The first kappa shape index (κ1) is 98.7. The number of benzene rings is 7. The zero-order chi connectivity index (χ0) is 104. The molecule has 15 bridgehead atoms. The van der Waals surface area contributed by atoms with Crippen LogP contribution in [0.15, 0.2) is 152 Å². The summed E-state index contributed by atoms with van der Waals surface area (Å²) in [6.45, 7) is 3.37. The number of carbonyl (C=O) groups is 11. The van der Waals surface area contributed by atoms with Gasteiger partial charge in [-0.2, -0.15) is 0 Å². The van der Waals surface area contributed by atoms with Crippen molar-refractivity contribution in [2.75, 3.05) is 11.5 Å². The summed E-state index contributed by atoms with van der Waals surface area (Å²) < 4.78 is 0. The van der Waals surface area contributed by atoms with Crippen LogP contribution in [0, 0.1) is 113 Å². The van der Waals surface area contributed by atoms with E-state index in [1.54, 1.807) is 35.4 Å². The lowest BCUT2D eigenvalue weighted by molar-refractivity contribution is -0.385. The molecule has 11 amide bonds. The first-order chi connectivity index (χ1) is 72.2. The third-order valence-electron chi connectivity index (χ3n) is 39.1. The molecule has 15 atom stereocenters. The number of nitrogen functional groups attached to an aromatic ring is 2. The second-order valence-electron chi connectivity index (χ2n) is 47.4. The van der Waals surface area contributed by atoms with Crippen LogP contribution in [-0.4, -0.2) is 170 Å². The topological polar surface area (TPSA) is 428 Å². The number of hydrogen-bond acceptors (Lipinski definition) is 22. The molecular weight excluding hydrogens is 1960 g/mol. The highest BCUT2D eigenvalue weighted by molar-refractivity contribution is 7.82. The Morgan fingerprint density at radius 2 is 0.793 bits per heavy atom. The number of piperidine rings is 2. The summed E-state index contributed by atoms with van der Waals surface area (Å²) in [7, 11) is 0. The quantitative estimate of drug-likeness (QED) is 0.0279. The van der Waals surface area contributed by atoms with Crippen molar-refractivity contribution < 1.29 is 67.5 Å². The lowest BCUT2D eigenvalue weighted by Gasteiger charge is -2.51. The highest BCUT2D eigenvalue weighted by Gasteiger charge is 2.72. The monoisotopic (exact) mass is 2080 g/mol. The molecule has 16 saturated carbocycles. The lowest BCUT2D eigenvalue weighted by atomic mass is 9.55. The Labute approximate surface area is 883 Å². The van der Waals surface area contributed by atoms with Crippen molar-refractivity contribution in [3.8, 4) is 0 Å². The van der Waals surface area contributed by atoms with Gasteiger partial charge in [-0.1, -0.05) is 109 Å². The SMILES string of the molecule is Nc1ccc2c(c1)C(=O)N(C1CC=CNC1=O)C2.Nc1cccc2c1CN(C13CCC4CC(CC(C4)C1)C3)C2=O.O=C1NC(=S)CCC1N1C(=O)c2cccc([N+](=O)[O-])c2C1=O.O=C1c2cccc([N+](=O)[O-])c2C(=O)N1C1CCC(=S)NC1=S.O=C1c2cccc([N+](=O)[O-])c2CN1C12CCC3CC(CC(C3)C1)C2.O=C1c2ccccc2CN1C12CCC3CC(CC(C3)C1)C2.O=C1c2ccccc2CN1C1C2CC3CC4CC1C4(C3)C2. The highest BCUT2D eigenvalue weighted by atomic mass is 32.1. The predicted molar refractivity (Wildman–Crippen MR) is 565 cm³/mol. The van der Waals surface area contributed by atoms with Gasteiger partial charge in [-0.05, 0) is 346 Å². The van der Waals surface area contributed by atoms with Gasteiger partial charge in [0.1, 0.15) is 28.2 Å². The zero-order valence-electron chi connectivity index (χ0n) is 83.5. The number of imide groups is 2. The van der Waals surface area contributed by atoms with Gasteiger partial charge >= 0.3 is 0 Å². The standard InChI is InChI=1S/C19H22N2O3.C19H24N2O.C19H21NO.C19H23NO.C13H9N3O5S.C13H9N3O4S2.C13H13N3O2/c22-18-15-2-1-3-17(21(23)24)16(15)11-20(18)19-5-4-12-6-13(9-19)8-14(7-12)10-19;20-17-3-1-2-15-16(17)11-21(18(15)22)19-5-4-12-6-13(9-19)8-14(7-12)10-19;21-18-15-4-2-1-3-12(15)10-20(18)17-13-5-11-6-14-7-16(17)19(14,8-11)9-13;21-18-17-4-2-1-3-16(17)12-20(18)19-6-5-13-7-14(10-19)9-15(8-13)11-19;17-11-8(4-5-9(22)14-11)15-12(18)6-2-1-3-7(16(20)21)10(6)13(15)19;17-12-6-2-1-3-7(16(19)20)10(6)13(18)15(12)8-4-5-9(21)14-11(8)22;14-9-4-3-8-7-16(13(18)10(8)6-9)11-2-1-5-15-12(11)17/h1-3,12-14H,4-11H2;1-3,12-14H,4-11,20H2;1-4,11,13-14,16-17H,5-10H2;1-4,13-15H,5-12H2;1-3,8H,4-5H2,(H,14,17,22);1-3,8H,4-5H2,(H,14,21,22);1,3-6,11H,2,7,14H2,(H,15,17). The number of fused-ring (bicyclic) bond motifs is 12. The number of nitrogens with one attached hydrogen (secondary N) is 3. The molecule has 26 aliphatic rings. The number of amides is 11. The molecule has 10 heterocycles. The fraction of sp³-hybridized carbons (Fsp3) is 0.496. The van der Waals surface area contributed by atoms with Gasteiger partial charge in [0.05, 0.1) is 59.6 Å². The summed E-state index contributed by atoms with van der Waals surface area (Å²) in [6.07, 6.45) is 40.0. The normalized spacial score (nSPS) is 32.9. The molecule has 7 N–H and O–H groups in total. The van der Waals surface area contributed by atoms with Crippen molar-refractivity contribution in [3.05, 3.63) is 260 Å². The van der Waals surface area contributed by atoms with Gasteiger partial charge < -0.3 is 51.9 Å². The van der Waals surface area contributed by atoms with Crippen molar-refractivity contribution in [3.63, 3.8) is 0 Å². The van der Waals surface area contributed by atoms with E-state index in [1.165, 1.54) is 195 Å². The molecule has 776 valence electrons. The van der Waals surface area contributed by atoms with Crippen LogP contribution in [0.3, 0.4) is 0 Å². The molecule has 150 heavy (non-hydrogen) atoms. The van der Waals surface area contributed by atoms with E-state index in [0.717, 1.165) is 165 Å². The van der Waals surface area contributed by atoms with E-state index in [1.807, 2.05) is 59.5 Å². The first-order valence-corrected chi connectivity index (χ1v) is 55.1. The van der Waals surface area contributed by atoms with Crippen molar-refractivity contribution in [2.45, 2.75) is 273 Å². The van der Waals surface area contributed by atoms with Gasteiger partial charge in [-0.25, -0.2) is 0 Å². The summed E-state index contributed by atoms with van der Waals surface area (Å²) in [5.74, 6) is 8.68. The zero-order valence-corrected chi connectivity index (χ0v) is 85.9. The Balaban J connectivity index is 0.0000000932. The summed E-state index contributed by atoms with van der Waals surface area (Å²) in [5, 5.41) is 41.3. The molecule has 16 aliphatic carbocycles. The minimum Gasteiger partial charge on any atom is -0.399 e. The summed E-state index contributed by atoms with van der Waals surface area (Å²) >= 11 is 15.1. The number of rotatable bonds is 10. The van der Waals surface area contributed by atoms with Crippen LogP contribution in [0.4, 0.5) is 28.4 Å². The maximum Gasteiger partial charge on any atom is 0.282 e. The van der Waals surface area contributed by atoms with E-state index in [9.17, 15) is 83.1 Å². The van der Waals surface area contributed by atoms with E-state index < -0.39 is 63.2 Å². The third-order valence-corrected chi connectivity index (χ3v) is 40.1. The molecule has 35 heteroatoms. The number of hydrogen-bond donors (Lipinski definition) is 5. The van der Waals surface area contributed by atoms with Crippen molar-refractivity contribution in [1.82, 2.24) is 50.2 Å². The number of thiocarbonyl (C=S) groups is 3. The number of carbonyl (C=O) groups excluding carboxylic acids is 11. The van der Waals surface area contributed by atoms with E-state index in [4.69, 9.17) is 48.1 Å². The minimum absolute atomic E-state index is 0.0217. The molecule has 7 aromatic rings. The predicted octanol–water partition coefficient (Wildman–Crippen LogP) is 18.0. The van der Waals surface area contributed by atoms with Gasteiger partial charge in [0.2, 0.25) is 11.8 Å². The molecule has 0 radical (unpaired) electrons. The Morgan fingerprint density at radius 1 is 0.360 bits per heavy atom. The van der Waals surface area contributed by atoms with Crippen molar-refractivity contribution in [2.24, 2.45) is 82.3 Å². The number of nitro groups is 3. The second-order valence-corrected chi connectivity index (χ2v) is 48.8. The molecular formula is C115H121N15O17S3. The Kier molecular flexibility index (Phi) is 25.0. The van der Waals surface area contributed by atoms with Gasteiger partial charge in [0, 0.05) is 119 Å². The Bertz CT molecular complexity index is 6900. The van der Waals surface area contributed by atoms with E-state index in [-0.39, 0.29) is 90.2 Å². The minimum atomic E-state index is -1.00. The van der Waals surface area contributed by atoms with Gasteiger partial charge in [-0.3, -0.25) is 92.9 Å². The molecule has 1 spiro atoms. The van der Waals surface area contributed by atoms with E-state index >= 15 is 0 Å². The van der Waals surface area contributed by atoms with Crippen LogP contribution in [0.5, 0.6) is 0 Å². The molecule has 33 rings (SSSR count). The Hall–Kier alpha value is -13.3. The first-order valence-electron chi connectivity index (χ1n) is 53.9. The van der Waals surface area contributed by atoms with Crippen molar-refractivity contribution >= 4 is 145 Å². The Morgan fingerprint density at radius 3 is 1.31 bits per heavy atom. The number of nitro benzene ring substituents is 3. The van der Waals surface area contributed by atoms with Crippen LogP contribution in [-0.2, 0) is 42.3 Å². The molecule has 32 nitrogen and oxygen atoms in total. The van der Waals surface area contributed by atoms with Crippen LogP contribution in [0.2, 0.25) is 0 Å².